The number of halogens is 1. The van der Waals surface area contributed by atoms with Gasteiger partial charge in [-0.3, -0.25) is 4.79 Å². The minimum Gasteiger partial charge on any atom is -0.490 e. The number of benzene rings is 1. The Bertz CT molecular complexity index is 557. The van der Waals surface area contributed by atoms with E-state index in [0.717, 1.165) is 0 Å². The molecule has 1 atom stereocenters. The van der Waals surface area contributed by atoms with Crippen LogP contribution in [0.15, 0.2) is 36.9 Å². The fourth-order valence-corrected chi connectivity index (χ4v) is 2.15. The molecule has 1 fully saturated rings. The summed E-state index contributed by atoms with van der Waals surface area (Å²) in [5.74, 6) is -1.31. The summed E-state index contributed by atoms with van der Waals surface area (Å²) < 4.78 is 19.2. The minimum absolute atomic E-state index is 0.0936. The van der Waals surface area contributed by atoms with Gasteiger partial charge in [-0.15, -0.1) is 0 Å². The van der Waals surface area contributed by atoms with Crippen LogP contribution < -0.4 is 4.74 Å². The van der Waals surface area contributed by atoms with Crippen LogP contribution in [0.4, 0.5) is 4.39 Å². The average molecular weight is 293 g/mol. The number of ether oxygens (including phenoxy) is 1. The molecular weight excluding hydrogens is 277 g/mol. The fraction of sp³-hybridized carbons (Fsp3) is 0.333. The van der Waals surface area contributed by atoms with Gasteiger partial charge in [-0.1, -0.05) is 12.7 Å². The third-order valence-electron chi connectivity index (χ3n) is 3.36. The first-order valence-corrected chi connectivity index (χ1v) is 6.51. The molecule has 1 aromatic carbocycles. The van der Waals surface area contributed by atoms with Crippen LogP contribution in [0.1, 0.15) is 16.8 Å². The molecule has 112 valence electrons. The Balaban J connectivity index is 2.04. The van der Waals surface area contributed by atoms with Crippen LogP contribution in [-0.2, 0) is 4.79 Å². The Kier molecular flexibility index (Phi) is 4.26. The molecule has 0 bridgehead atoms. The van der Waals surface area contributed by atoms with Crippen LogP contribution in [-0.4, -0.2) is 47.2 Å². The van der Waals surface area contributed by atoms with E-state index in [-0.39, 0.29) is 18.9 Å². The lowest BCUT2D eigenvalue weighted by atomic mass is 10.1. The van der Waals surface area contributed by atoms with Gasteiger partial charge in [0.05, 0.1) is 6.54 Å². The summed E-state index contributed by atoms with van der Waals surface area (Å²) in [6, 6.07) is 6.40. The Labute approximate surface area is 121 Å². The molecule has 1 aromatic rings. The summed E-state index contributed by atoms with van der Waals surface area (Å²) in [6.45, 7) is 3.57. The monoisotopic (exact) mass is 293 g/mol. The number of carbonyl (C=O) groups excluding carboxylic acids is 1. The number of carboxylic acid groups (broad SMARTS) is 1. The van der Waals surface area contributed by atoms with E-state index in [0.29, 0.717) is 17.9 Å². The molecular formula is C15H16FNO4. The van der Waals surface area contributed by atoms with Gasteiger partial charge in [-0.2, -0.15) is 0 Å². The number of hydrogen-bond acceptors (Lipinski definition) is 3. The zero-order valence-electron chi connectivity index (χ0n) is 11.4. The number of nitrogens with zero attached hydrogens (tertiary/aromatic N) is 1. The van der Waals surface area contributed by atoms with Crippen LogP contribution in [0, 0.1) is 0 Å². The maximum Gasteiger partial charge on any atom is 0.343 e. The molecule has 1 amide bonds. The van der Waals surface area contributed by atoms with Crippen molar-refractivity contribution in [2.75, 3.05) is 19.7 Å². The highest BCUT2D eigenvalue weighted by Crippen LogP contribution is 2.27. The van der Waals surface area contributed by atoms with Crippen LogP contribution in [0.5, 0.6) is 5.75 Å². The maximum absolute atomic E-state index is 13.9. The summed E-state index contributed by atoms with van der Waals surface area (Å²) in [5.41, 5.74) is -1.97. The molecule has 1 aliphatic heterocycles. The number of carbonyl (C=O) groups is 2. The molecule has 0 aromatic heterocycles. The molecule has 6 heteroatoms. The Morgan fingerprint density at radius 2 is 2.10 bits per heavy atom. The van der Waals surface area contributed by atoms with Gasteiger partial charge in [0.1, 0.15) is 12.4 Å². The smallest absolute Gasteiger partial charge is 0.343 e. The molecule has 2 rings (SSSR count). The third kappa shape index (κ3) is 3.21. The molecule has 0 spiro atoms. The summed E-state index contributed by atoms with van der Waals surface area (Å²) >= 11 is 0. The topological polar surface area (TPSA) is 66.8 Å². The second-order valence-electron chi connectivity index (χ2n) is 4.87. The van der Waals surface area contributed by atoms with Gasteiger partial charge >= 0.3 is 5.97 Å². The Hall–Kier alpha value is -2.37. The molecule has 1 heterocycles. The molecule has 5 nitrogen and oxygen atoms in total. The zero-order chi connectivity index (χ0) is 15.5. The highest BCUT2D eigenvalue weighted by molar-refractivity contribution is 5.95. The van der Waals surface area contributed by atoms with Gasteiger partial charge in [0.15, 0.2) is 0 Å². The van der Waals surface area contributed by atoms with Gasteiger partial charge < -0.3 is 14.7 Å². The van der Waals surface area contributed by atoms with E-state index in [4.69, 9.17) is 9.84 Å². The Morgan fingerprint density at radius 1 is 1.43 bits per heavy atom. The second kappa shape index (κ2) is 5.95. The van der Waals surface area contributed by atoms with Crippen molar-refractivity contribution in [1.29, 1.82) is 0 Å². The zero-order valence-corrected chi connectivity index (χ0v) is 11.4. The summed E-state index contributed by atoms with van der Waals surface area (Å²) in [6.07, 6.45) is 1.42. The van der Waals surface area contributed by atoms with E-state index in [1.165, 1.54) is 4.90 Å². The van der Waals surface area contributed by atoms with E-state index in [1.807, 2.05) is 0 Å². The predicted molar refractivity (Wildman–Crippen MR) is 74.1 cm³/mol. The quantitative estimate of drug-likeness (QED) is 0.842. The number of aliphatic carboxylic acids is 1. The van der Waals surface area contributed by atoms with E-state index in [2.05, 4.69) is 6.58 Å². The molecule has 0 aliphatic carbocycles. The fourth-order valence-electron chi connectivity index (χ4n) is 2.15. The van der Waals surface area contributed by atoms with Crippen molar-refractivity contribution in [2.24, 2.45) is 0 Å². The number of hydrogen-bond donors (Lipinski definition) is 1. The van der Waals surface area contributed by atoms with Crippen molar-refractivity contribution in [1.82, 2.24) is 4.90 Å². The normalized spacial score (nSPS) is 21.1. The van der Waals surface area contributed by atoms with Gasteiger partial charge in [0.2, 0.25) is 5.67 Å². The first kappa shape index (κ1) is 15.0. The van der Waals surface area contributed by atoms with Crippen LogP contribution in [0.2, 0.25) is 0 Å². The third-order valence-corrected chi connectivity index (χ3v) is 3.36. The van der Waals surface area contributed by atoms with Crippen LogP contribution in [0.3, 0.4) is 0 Å². The van der Waals surface area contributed by atoms with Gasteiger partial charge in [-0.05, 0) is 24.3 Å². The van der Waals surface area contributed by atoms with E-state index < -0.39 is 18.2 Å². The standard InChI is InChI=1S/C15H16FNO4/c1-2-9-21-12-5-3-11(4-6-12)13(18)17-8-7-15(16,10-17)14(19)20/h2-6H,1,7-10H2,(H,19,20). The lowest BCUT2D eigenvalue weighted by molar-refractivity contribution is -0.149. The summed E-state index contributed by atoms with van der Waals surface area (Å²) in [4.78, 5) is 24.2. The maximum atomic E-state index is 13.9. The number of carboxylic acids is 1. The van der Waals surface area contributed by atoms with Crippen molar-refractivity contribution in [2.45, 2.75) is 12.1 Å². The lowest BCUT2D eigenvalue weighted by Crippen LogP contribution is -2.38. The minimum atomic E-state index is -2.34. The molecule has 0 radical (unpaired) electrons. The average Bonchev–Trinajstić information content (AvgIpc) is 2.89. The molecule has 1 saturated heterocycles. The summed E-state index contributed by atoms with van der Waals surface area (Å²) in [5, 5.41) is 8.82. The molecule has 0 saturated carbocycles. The van der Waals surface area contributed by atoms with Gasteiger partial charge in [-0.25, -0.2) is 9.18 Å². The van der Waals surface area contributed by atoms with Gasteiger partial charge in [0, 0.05) is 18.5 Å². The Morgan fingerprint density at radius 3 is 2.62 bits per heavy atom. The van der Waals surface area contributed by atoms with Crippen LogP contribution in [0.25, 0.3) is 0 Å². The molecule has 1 unspecified atom stereocenters. The van der Waals surface area contributed by atoms with E-state index in [9.17, 15) is 14.0 Å². The van der Waals surface area contributed by atoms with Crippen molar-refractivity contribution in [3.8, 4) is 5.75 Å². The van der Waals surface area contributed by atoms with Gasteiger partial charge in [0.25, 0.3) is 5.91 Å². The molecule has 21 heavy (non-hydrogen) atoms. The van der Waals surface area contributed by atoms with Crippen molar-refractivity contribution in [3.63, 3.8) is 0 Å². The number of amides is 1. The van der Waals surface area contributed by atoms with Crippen molar-refractivity contribution >= 4 is 11.9 Å². The molecule has 1 aliphatic rings. The van der Waals surface area contributed by atoms with Crippen molar-refractivity contribution in [3.05, 3.63) is 42.5 Å². The first-order chi connectivity index (χ1) is 9.96. The van der Waals surface area contributed by atoms with E-state index >= 15 is 0 Å². The number of likely N-dealkylation sites (tertiary alicyclic amines) is 1. The predicted octanol–water partition coefficient (Wildman–Crippen LogP) is 1.89. The van der Waals surface area contributed by atoms with Crippen molar-refractivity contribution < 1.29 is 23.8 Å². The first-order valence-electron chi connectivity index (χ1n) is 6.51. The second-order valence-corrected chi connectivity index (χ2v) is 4.87. The molecule has 1 N–H and O–H groups in total. The number of alkyl halides is 1. The summed E-state index contributed by atoms with van der Waals surface area (Å²) in [7, 11) is 0. The largest absolute Gasteiger partial charge is 0.490 e. The lowest BCUT2D eigenvalue weighted by Gasteiger charge is -2.17. The SMILES string of the molecule is C=CCOc1ccc(C(=O)N2CCC(F)(C(=O)O)C2)cc1. The number of rotatable bonds is 5. The highest BCUT2D eigenvalue weighted by atomic mass is 19.1. The highest BCUT2D eigenvalue weighted by Gasteiger charge is 2.46. The van der Waals surface area contributed by atoms with Crippen LogP contribution >= 0.6 is 0 Å². The van der Waals surface area contributed by atoms with E-state index in [1.54, 1.807) is 30.3 Å².